The number of ether oxygens (including phenoxy) is 1. The van der Waals surface area contributed by atoms with Gasteiger partial charge in [-0.2, -0.15) is 0 Å². The summed E-state index contributed by atoms with van der Waals surface area (Å²) in [4.78, 5) is 12.5. The van der Waals surface area contributed by atoms with Gasteiger partial charge in [0.2, 0.25) is 0 Å². The monoisotopic (exact) mass is 203 g/mol. The molecule has 82 valence electrons. The van der Waals surface area contributed by atoms with Crippen LogP contribution < -0.4 is 5.73 Å². The number of carbonyl (C=O) groups excluding carboxylic acids is 1. The molecule has 0 spiro atoms. The molecule has 0 heterocycles. The van der Waals surface area contributed by atoms with Crippen LogP contribution in [0.5, 0.6) is 0 Å². The van der Waals surface area contributed by atoms with E-state index < -0.39 is 6.09 Å². The first-order chi connectivity index (χ1) is 6.52. The van der Waals surface area contributed by atoms with Gasteiger partial charge in [-0.25, -0.2) is 4.79 Å². The lowest BCUT2D eigenvalue weighted by molar-refractivity contribution is 0.114. The van der Waals surface area contributed by atoms with Gasteiger partial charge in [0.25, 0.3) is 0 Å². The van der Waals surface area contributed by atoms with Gasteiger partial charge in [0.05, 0.1) is 6.61 Å². The molecule has 0 aromatic heterocycles. The Bertz CT molecular complexity index is 218. The molecule has 0 saturated heterocycles. The molecule has 14 heavy (non-hydrogen) atoms. The second-order valence-corrected chi connectivity index (χ2v) is 3.01. The quantitative estimate of drug-likeness (QED) is 0.300. The molecule has 0 aliphatic rings. The zero-order valence-corrected chi connectivity index (χ0v) is 8.73. The van der Waals surface area contributed by atoms with Crippen molar-refractivity contribution in [2.24, 2.45) is 16.8 Å². The van der Waals surface area contributed by atoms with Crippen molar-refractivity contribution in [3.63, 3.8) is 0 Å². The second kappa shape index (κ2) is 6.06. The molecule has 1 unspecified atom stereocenters. The average molecular weight is 203 g/mol. The minimum atomic E-state index is -0.412. The van der Waals surface area contributed by atoms with E-state index in [9.17, 15) is 4.79 Å². The SMILES string of the molecule is CCOC(=O)N(C)CC(C)C(N)=NO. The first kappa shape index (κ1) is 12.5. The molecular formula is C8H17N3O3. The first-order valence-electron chi connectivity index (χ1n) is 4.38. The van der Waals surface area contributed by atoms with Gasteiger partial charge in [-0.3, -0.25) is 0 Å². The molecule has 0 saturated carbocycles. The molecule has 6 nitrogen and oxygen atoms in total. The summed E-state index contributed by atoms with van der Waals surface area (Å²) >= 11 is 0. The molecule has 0 bridgehead atoms. The number of hydrogen-bond donors (Lipinski definition) is 2. The molecule has 1 atom stereocenters. The van der Waals surface area contributed by atoms with Gasteiger partial charge in [-0.15, -0.1) is 0 Å². The smallest absolute Gasteiger partial charge is 0.409 e. The number of nitrogens with zero attached hydrogens (tertiary/aromatic N) is 2. The molecule has 0 rings (SSSR count). The van der Waals surface area contributed by atoms with Crippen LogP contribution in [-0.2, 0) is 4.74 Å². The van der Waals surface area contributed by atoms with E-state index in [-0.39, 0.29) is 11.8 Å². The molecule has 0 radical (unpaired) electrons. The molecule has 0 aromatic rings. The van der Waals surface area contributed by atoms with Crippen molar-refractivity contribution in [3.8, 4) is 0 Å². The van der Waals surface area contributed by atoms with E-state index in [0.717, 1.165) is 0 Å². The summed E-state index contributed by atoms with van der Waals surface area (Å²) < 4.78 is 4.76. The van der Waals surface area contributed by atoms with Gasteiger partial charge >= 0.3 is 6.09 Å². The van der Waals surface area contributed by atoms with Crippen LogP contribution in [0.3, 0.4) is 0 Å². The Hall–Kier alpha value is -1.46. The van der Waals surface area contributed by atoms with Gasteiger partial charge in [-0.05, 0) is 6.92 Å². The summed E-state index contributed by atoms with van der Waals surface area (Å²) in [5.74, 6) is -0.101. The highest BCUT2D eigenvalue weighted by molar-refractivity contribution is 5.82. The van der Waals surface area contributed by atoms with Crippen LogP contribution in [0.4, 0.5) is 4.79 Å². The predicted octanol–water partition coefficient (Wildman–Crippen LogP) is 0.457. The third-order valence-electron chi connectivity index (χ3n) is 1.75. The number of amides is 1. The fraction of sp³-hybridized carbons (Fsp3) is 0.750. The predicted molar refractivity (Wildman–Crippen MR) is 52.2 cm³/mol. The Morgan fingerprint density at radius 1 is 1.71 bits per heavy atom. The molecule has 3 N–H and O–H groups in total. The Labute approximate surface area is 83.3 Å². The summed E-state index contributed by atoms with van der Waals surface area (Å²) in [5, 5.41) is 11.3. The van der Waals surface area contributed by atoms with Crippen LogP contribution in [0.15, 0.2) is 5.16 Å². The van der Waals surface area contributed by atoms with Crippen molar-refractivity contribution in [1.29, 1.82) is 0 Å². The summed E-state index contributed by atoms with van der Waals surface area (Å²) in [7, 11) is 1.60. The Kier molecular flexibility index (Phi) is 5.43. The van der Waals surface area contributed by atoms with E-state index in [4.69, 9.17) is 15.7 Å². The number of hydrogen-bond acceptors (Lipinski definition) is 4. The van der Waals surface area contributed by atoms with Crippen LogP contribution in [0.1, 0.15) is 13.8 Å². The van der Waals surface area contributed by atoms with Crippen molar-refractivity contribution in [2.75, 3.05) is 20.2 Å². The van der Waals surface area contributed by atoms with Crippen molar-refractivity contribution < 1.29 is 14.7 Å². The maximum Gasteiger partial charge on any atom is 0.409 e. The molecular weight excluding hydrogens is 186 g/mol. The van der Waals surface area contributed by atoms with Gasteiger partial charge in [0.1, 0.15) is 5.84 Å². The van der Waals surface area contributed by atoms with E-state index >= 15 is 0 Å². The average Bonchev–Trinajstić information content (AvgIpc) is 2.16. The van der Waals surface area contributed by atoms with Crippen LogP contribution in [0.25, 0.3) is 0 Å². The number of oxime groups is 1. The zero-order valence-electron chi connectivity index (χ0n) is 8.73. The fourth-order valence-corrected chi connectivity index (χ4v) is 0.911. The van der Waals surface area contributed by atoms with E-state index in [1.807, 2.05) is 0 Å². The van der Waals surface area contributed by atoms with Crippen molar-refractivity contribution in [2.45, 2.75) is 13.8 Å². The summed E-state index contributed by atoms with van der Waals surface area (Å²) in [5.41, 5.74) is 5.36. The maximum atomic E-state index is 11.1. The van der Waals surface area contributed by atoms with E-state index in [0.29, 0.717) is 13.2 Å². The van der Waals surface area contributed by atoms with Gasteiger partial charge in [0, 0.05) is 19.5 Å². The summed E-state index contributed by atoms with van der Waals surface area (Å²) in [6.07, 6.45) is -0.412. The Balaban J connectivity index is 4.05. The summed E-state index contributed by atoms with van der Waals surface area (Å²) in [6.45, 7) is 4.18. The van der Waals surface area contributed by atoms with Crippen LogP contribution in [-0.4, -0.2) is 42.2 Å². The lowest BCUT2D eigenvalue weighted by atomic mass is 10.1. The first-order valence-corrected chi connectivity index (χ1v) is 4.38. The van der Waals surface area contributed by atoms with Crippen LogP contribution >= 0.6 is 0 Å². The largest absolute Gasteiger partial charge is 0.450 e. The Morgan fingerprint density at radius 2 is 2.29 bits per heavy atom. The normalized spacial score (nSPS) is 13.5. The third kappa shape index (κ3) is 3.97. The lowest BCUT2D eigenvalue weighted by Crippen LogP contribution is -2.36. The fourth-order valence-electron chi connectivity index (χ4n) is 0.911. The highest BCUT2D eigenvalue weighted by atomic mass is 16.6. The molecule has 1 amide bonds. The second-order valence-electron chi connectivity index (χ2n) is 3.01. The van der Waals surface area contributed by atoms with Crippen molar-refractivity contribution >= 4 is 11.9 Å². The minimum Gasteiger partial charge on any atom is -0.450 e. The van der Waals surface area contributed by atoms with Crippen molar-refractivity contribution in [1.82, 2.24) is 4.90 Å². The van der Waals surface area contributed by atoms with Gasteiger partial charge < -0.3 is 20.6 Å². The van der Waals surface area contributed by atoms with Crippen molar-refractivity contribution in [3.05, 3.63) is 0 Å². The molecule has 0 aromatic carbocycles. The number of carbonyl (C=O) groups is 1. The lowest BCUT2D eigenvalue weighted by Gasteiger charge is -2.19. The minimum absolute atomic E-state index is 0.0983. The van der Waals surface area contributed by atoms with Crippen LogP contribution in [0.2, 0.25) is 0 Å². The molecule has 6 heteroatoms. The molecule has 0 aliphatic heterocycles. The summed E-state index contributed by atoms with van der Waals surface area (Å²) in [6, 6.07) is 0. The molecule has 0 aliphatic carbocycles. The highest BCUT2D eigenvalue weighted by Crippen LogP contribution is 2.00. The zero-order chi connectivity index (χ0) is 11.1. The van der Waals surface area contributed by atoms with Crippen LogP contribution in [0, 0.1) is 5.92 Å². The maximum absolute atomic E-state index is 11.1. The standard InChI is InChI=1S/C8H17N3O3/c1-4-14-8(12)11(3)5-6(2)7(9)10-13/h6,13H,4-5H2,1-3H3,(H2,9,10). The third-order valence-corrected chi connectivity index (χ3v) is 1.75. The number of rotatable bonds is 4. The van der Waals surface area contributed by atoms with E-state index in [2.05, 4.69) is 5.16 Å². The van der Waals surface area contributed by atoms with Gasteiger partial charge in [0.15, 0.2) is 0 Å². The number of nitrogens with two attached hydrogens (primary N) is 1. The van der Waals surface area contributed by atoms with E-state index in [1.165, 1.54) is 4.90 Å². The van der Waals surface area contributed by atoms with E-state index in [1.54, 1.807) is 20.9 Å². The Morgan fingerprint density at radius 3 is 2.71 bits per heavy atom. The highest BCUT2D eigenvalue weighted by Gasteiger charge is 2.15. The van der Waals surface area contributed by atoms with Gasteiger partial charge in [-0.1, -0.05) is 12.1 Å². The topological polar surface area (TPSA) is 88.2 Å². The number of amidine groups is 1. The molecule has 0 fully saturated rings.